The zero-order chi connectivity index (χ0) is 20.7. The van der Waals surface area contributed by atoms with Crippen molar-refractivity contribution in [1.82, 2.24) is 5.32 Å². The first-order valence-electron chi connectivity index (χ1n) is 10.0. The molecule has 5 nitrogen and oxygen atoms in total. The summed E-state index contributed by atoms with van der Waals surface area (Å²) < 4.78 is 5.77. The first-order chi connectivity index (χ1) is 14.6. The molecule has 30 heavy (non-hydrogen) atoms. The molecule has 5 heteroatoms. The van der Waals surface area contributed by atoms with Gasteiger partial charge in [-0.15, -0.1) is 0 Å². The minimum Gasteiger partial charge on any atom is -0.480 e. The summed E-state index contributed by atoms with van der Waals surface area (Å²) in [5.74, 6) is -1.45. The largest absolute Gasteiger partial charge is 0.480 e. The molecule has 2 N–H and O–H groups in total. The Kier molecular flexibility index (Phi) is 4.60. The summed E-state index contributed by atoms with van der Waals surface area (Å²) in [7, 11) is 0. The molecule has 1 aliphatic carbocycles. The summed E-state index contributed by atoms with van der Waals surface area (Å²) in [6, 6.07) is 22.2. The van der Waals surface area contributed by atoms with Crippen molar-refractivity contribution in [3.8, 4) is 11.1 Å². The molecular formula is C25H21NO4. The van der Waals surface area contributed by atoms with E-state index in [9.17, 15) is 14.7 Å². The Morgan fingerprint density at radius 3 is 2.07 bits per heavy atom. The molecule has 0 amide bonds. The van der Waals surface area contributed by atoms with Gasteiger partial charge in [0.05, 0.1) is 0 Å². The van der Waals surface area contributed by atoms with Crippen LogP contribution in [0.1, 0.15) is 34.2 Å². The lowest BCUT2D eigenvalue weighted by atomic mass is 9.90. The maximum Gasteiger partial charge on any atom is 0.327 e. The van der Waals surface area contributed by atoms with E-state index in [1.807, 2.05) is 48.5 Å². The van der Waals surface area contributed by atoms with Crippen LogP contribution >= 0.6 is 0 Å². The van der Waals surface area contributed by atoms with Gasteiger partial charge in [0.2, 0.25) is 0 Å². The van der Waals surface area contributed by atoms with Crippen LogP contribution in [0, 0.1) is 0 Å². The molecule has 5 rings (SSSR count). The second-order valence-electron chi connectivity index (χ2n) is 7.75. The van der Waals surface area contributed by atoms with E-state index in [0.29, 0.717) is 6.42 Å². The van der Waals surface area contributed by atoms with Gasteiger partial charge >= 0.3 is 11.9 Å². The fraction of sp³-hybridized carbons (Fsp3) is 0.200. The molecular weight excluding hydrogens is 378 g/mol. The topological polar surface area (TPSA) is 75.6 Å². The van der Waals surface area contributed by atoms with Gasteiger partial charge in [0, 0.05) is 5.92 Å². The third-order valence-electron chi connectivity index (χ3n) is 6.05. The van der Waals surface area contributed by atoms with Crippen LogP contribution in [-0.4, -0.2) is 29.7 Å². The smallest absolute Gasteiger partial charge is 0.327 e. The Labute approximate surface area is 174 Å². The lowest BCUT2D eigenvalue weighted by molar-refractivity contribution is -0.148. The summed E-state index contributed by atoms with van der Waals surface area (Å²) >= 11 is 0. The van der Waals surface area contributed by atoms with Crippen molar-refractivity contribution in [2.45, 2.75) is 24.4 Å². The molecule has 1 heterocycles. The molecule has 2 atom stereocenters. The second kappa shape index (κ2) is 7.43. The number of hydrogen-bond acceptors (Lipinski definition) is 4. The van der Waals surface area contributed by atoms with E-state index in [-0.39, 0.29) is 12.5 Å². The average molecular weight is 399 g/mol. The molecule has 0 radical (unpaired) electrons. The van der Waals surface area contributed by atoms with Gasteiger partial charge in [0.1, 0.15) is 18.7 Å². The summed E-state index contributed by atoms with van der Waals surface area (Å²) in [5, 5.41) is 12.4. The molecule has 1 aliphatic heterocycles. The summed E-state index contributed by atoms with van der Waals surface area (Å²) in [6.07, 6.45) is 0.346. The number of carboxylic acid groups (broad SMARTS) is 1. The minimum atomic E-state index is -0.971. The third-order valence-corrected chi connectivity index (χ3v) is 6.05. The monoisotopic (exact) mass is 399 g/mol. The van der Waals surface area contributed by atoms with Crippen LogP contribution in [0.25, 0.3) is 11.1 Å². The number of aliphatic carboxylic acids is 1. The van der Waals surface area contributed by atoms with E-state index in [1.54, 1.807) is 0 Å². The van der Waals surface area contributed by atoms with Crippen molar-refractivity contribution in [3.05, 3.63) is 95.1 Å². The van der Waals surface area contributed by atoms with Gasteiger partial charge < -0.3 is 9.84 Å². The summed E-state index contributed by atoms with van der Waals surface area (Å²) in [5.41, 5.74) is 6.27. The van der Waals surface area contributed by atoms with E-state index >= 15 is 0 Å². The molecule has 3 aromatic rings. The van der Waals surface area contributed by atoms with E-state index in [0.717, 1.165) is 22.3 Å². The molecule has 3 aromatic carbocycles. The predicted octanol–water partition coefficient (Wildman–Crippen LogP) is 3.68. The number of benzene rings is 3. The SMILES string of the molecule is O=C(O)C1Cc2ccccc2[C@H](C(=O)OCC2c3ccccc3-c3ccccc32)N1. The van der Waals surface area contributed by atoms with Gasteiger partial charge in [-0.3, -0.25) is 10.1 Å². The first kappa shape index (κ1) is 18.6. The highest BCUT2D eigenvalue weighted by atomic mass is 16.5. The number of fused-ring (bicyclic) bond motifs is 4. The number of ether oxygens (including phenoxy) is 1. The number of rotatable bonds is 4. The zero-order valence-electron chi connectivity index (χ0n) is 16.2. The van der Waals surface area contributed by atoms with Crippen molar-refractivity contribution in [2.75, 3.05) is 6.61 Å². The Hall–Kier alpha value is -3.44. The minimum absolute atomic E-state index is 0.0320. The van der Waals surface area contributed by atoms with Gasteiger partial charge in [-0.2, -0.15) is 0 Å². The molecule has 1 unspecified atom stereocenters. The molecule has 0 spiro atoms. The fourth-order valence-corrected chi connectivity index (χ4v) is 4.61. The van der Waals surface area contributed by atoms with Gasteiger partial charge in [0.25, 0.3) is 0 Å². The zero-order valence-corrected chi connectivity index (χ0v) is 16.2. The van der Waals surface area contributed by atoms with Gasteiger partial charge in [-0.1, -0.05) is 72.8 Å². The number of esters is 1. The number of nitrogens with one attached hydrogen (secondary N) is 1. The van der Waals surface area contributed by atoms with Crippen LogP contribution in [0.2, 0.25) is 0 Å². The normalized spacial score (nSPS) is 19.5. The Morgan fingerprint density at radius 1 is 0.867 bits per heavy atom. The van der Waals surface area contributed by atoms with Crippen LogP contribution in [-0.2, 0) is 20.7 Å². The highest BCUT2D eigenvalue weighted by molar-refractivity contribution is 5.83. The van der Waals surface area contributed by atoms with Crippen LogP contribution in [0.3, 0.4) is 0 Å². The summed E-state index contributed by atoms with van der Waals surface area (Å²) in [6.45, 7) is 0.213. The third kappa shape index (κ3) is 3.08. The average Bonchev–Trinajstić information content (AvgIpc) is 3.10. The van der Waals surface area contributed by atoms with Crippen molar-refractivity contribution in [2.24, 2.45) is 0 Å². The molecule has 0 saturated carbocycles. The van der Waals surface area contributed by atoms with Crippen molar-refractivity contribution in [3.63, 3.8) is 0 Å². The van der Waals surface area contributed by atoms with Crippen LogP contribution in [0.5, 0.6) is 0 Å². The van der Waals surface area contributed by atoms with Crippen LogP contribution < -0.4 is 5.32 Å². The Bertz CT molecular complexity index is 1090. The highest BCUT2D eigenvalue weighted by Gasteiger charge is 2.36. The summed E-state index contributed by atoms with van der Waals surface area (Å²) in [4.78, 5) is 24.6. The highest BCUT2D eigenvalue weighted by Crippen LogP contribution is 2.44. The van der Waals surface area contributed by atoms with Crippen molar-refractivity contribution >= 4 is 11.9 Å². The fourth-order valence-electron chi connectivity index (χ4n) is 4.61. The molecule has 0 fully saturated rings. The molecule has 0 bridgehead atoms. The van der Waals surface area contributed by atoms with Crippen LogP contribution in [0.4, 0.5) is 0 Å². The number of carbonyl (C=O) groups excluding carboxylic acids is 1. The lowest BCUT2D eigenvalue weighted by Gasteiger charge is -2.30. The molecule has 150 valence electrons. The Balaban J connectivity index is 1.40. The number of hydrogen-bond donors (Lipinski definition) is 2. The lowest BCUT2D eigenvalue weighted by Crippen LogP contribution is -2.47. The maximum atomic E-state index is 13.0. The second-order valence-corrected chi connectivity index (χ2v) is 7.75. The standard InChI is InChI=1S/C25H21NO4/c27-24(28)22-13-15-7-1-2-8-16(15)23(26-22)25(29)30-14-21-19-11-5-3-9-17(19)18-10-4-6-12-20(18)21/h1-12,21-23,26H,13-14H2,(H,27,28)/t22?,23-/m1/s1. The van der Waals surface area contributed by atoms with Gasteiger partial charge in [-0.05, 0) is 39.8 Å². The predicted molar refractivity (Wildman–Crippen MR) is 112 cm³/mol. The first-order valence-corrected chi connectivity index (χ1v) is 10.0. The van der Waals surface area contributed by atoms with E-state index in [2.05, 4.69) is 29.6 Å². The van der Waals surface area contributed by atoms with Gasteiger partial charge in [0.15, 0.2) is 0 Å². The molecule has 0 aromatic heterocycles. The van der Waals surface area contributed by atoms with Gasteiger partial charge in [-0.25, -0.2) is 4.79 Å². The van der Waals surface area contributed by atoms with Crippen LogP contribution in [0.15, 0.2) is 72.8 Å². The maximum absolute atomic E-state index is 13.0. The number of carbonyl (C=O) groups is 2. The van der Waals surface area contributed by atoms with E-state index < -0.39 is 24.0 Å². The Morgan fingerprint density at radius 2 is 1.43 bits per heavy atom. The van der Waals surface area contributed by atoms with Crippen molar-refractivity contribution < 1.29 is 19.4 Å². The van der Waals surface area contributed by atoms with E-state index in [1.165, 1.54) is 11.1 Å². The van der Waals surface area contributed by atoms with E-state index in [4.69, 9.17) is 4.74 Å². The quantitative estimate of drug-likeness (QED) is 0.655. The molecule has 0 saturated heterocycles. The number of carboxylic acids is 1. The van der Waals surface area contributed by atoms with Crippen molar-refractivity contribution in [1.29, 1.82) is 0 Å². The molecule has 2 aliphatic rings.